The smallest absolute Gasteiger partial charge is 0.264 e. The highest BCUT2D eigenvalue weighted by Gasteiger charge is 2.26. The lowest BCUT2D eigenvalue weighted by molar-refractivity contribution is -0.116. The maximum Gasteiger partial charge on any atom is 0.264 e. The molecule has 1 saturated heterocycles. The van der Waals surface area contributed by atoms with Crippen molar-refractivity contribution in [2.24, 2.45) is 4.99 Å². The van der Waals surface area contributed by atoms with Gasteiger partial charge < -0.3 is 9.64 Å². The molecule has 2 aliphatic rings. The van der Waals surface area contributed by atoms with Gasteiger partial charge in [-0.2, -0.15) is 4.99 Å². The molecule has 0 atom stereocenters. The van der Waals surface area contributed by atoms with E-state index < -0.39 is 0 Å². The van der Waals surface area contributed by atoms with Gasteiger partial charge in [-0.15, -0.1) is 0 Å². The standard InChI is InChI=1S/C12H18N4O2/c1-2-18-8-9-10(13)14-12(15-11(9)17)16-6-4-3-5-7-16/h8H,2-7H2,1H3,(H2,13,14,15,17)/b9-8+. The molecule has 0 aromatic carbocycles. The van der Waals surface area contributed by atoms with Crippen LogP contribution in [0.5, 0.6) is 0 Å². The van der Waals surface area contributed by atoms with Crippen molar-refractivity contribution in [3.63, 3.8) is 0 Å². The molecule has 2 N–H and O–H groups in total. The Labute approximate surface area is 106 Å². The van der Waals surface area contributed by atoms with E-state index in [2.05, 4.69) is 10.3 Å². The molecule has 2 rings (SSSR count). The molecule has 6 heteroatoms. The summed E-state index contributed by atoms with van der Waals surface area (Å²) >= 11 is 0. The number of ether oxygens (including phenoxy) is 1. The van der Waals surface area contributed by atoms with Crippen molar-refractivity contribution in [3.05, 3.63) is 11.8 Å². The lowest BCUT2D eigenvalue weighted by Gasteiger charge is -2.31. The number of amides is 1. The first-order chi connectivity index (χ1) is 8.72. The number of nitrogens with one attached hydrogen (secondary N) is 2. The summed E-state index contributed by atoms with van der Waals surface area (Å²) in [5, 5.41) is 10.5. The number of carbonyl (C=O) groups is 1. The number of rotatable bonds is 2. The summed E-state index contributed by atoms with van der Waals surface area (Å²) in [7, 11) is 0. The molecule has 6 nitrogen and oxygen atoms in total. The van der Waals surface area contributed by atoms with Crippen LogP contribution in [-0.2, 0) is 9.53 Å². The topological polar surface area (TPSA) is 77.8 Å². The number of nitrogens with zero attached hydrogens (tertiary/aromatic N) is 2. The van der Waals surface area contributed by atoms with Gasteiger partial charge in [-0.3, -0.25) is 15.5 Å². The second-order valence-corrected chi connectivity index (χ2v) is 4.27. The zero-order valence-electron chi connectivity index (χ0n) is 10.5. The summed E-state index contributed by atoms with van der Waals surface area (Å²) < 4.78 is 5.05. The summed E-state index contributed by atoms with van der Waals surface area (Å²) in [5.74, 6) is 0.148. The van der Waals surface area contributed by atoms with E-state index in [9.17, 15) is 4.79 Å². The van der Waals surface area contributed by atoms with E-state index in [1.165, 1.54) is 12.7 Å². The fraction of sp³-hybridized carbons (Fsp3) is 0.583. The molecule has 0 bridgehead atoms. The van der Waals surface area contributed by atoms with E-state index in [-0.39, 0.29) is 17.3 Å². The van der Waals surface area contributed by atoms with Gasteiger partial charge in [0.2, 0.25) is 5.96 Å². The molecule has 1 amide bonds. The highest BCUT2D eigenvalue weighted by molar-refractivity contribution is 6.28. The molecule has 98 valence electrons. The number of hydrogen-bond acceptors (Lipinski definition) is 4. The van der Waals surface area contributed by atoms with E-state index in [1.807, 2.05) is 11.8 Å². The Morgan fingerprint density at radius 1 is 1.44 bits per heavy atom. The highest BCUT2D eigenvalue weighted by Crippen LogP contribution is 2.12. The van der Waals surface area contributed by atoms with Gasteiger partial charge in [-0.05, 0) is 26.2 Å². The minimum Gasteiger partial charge on any atom is -0.501 e. The average molecular weight is 250 g/mol. The first kappa shape index (κ1) is 12.6. The molecule has 1 fully saturated rings. The van der Waals surface area contributed by atoms with Crippen LogP contribution in [0.3, 0.4) is 0 Å². The van der Waals surface area contributed by atoms with E-state index in [4.69, 9.17) is 10.1 Å². The third-order valence-corrected chi connectivity index (χ3v) is 2.97. The van der Waals surface area contributed by atoms with Gasteiger partial charge in [-0.1, -0.05) is 0 Å². The zero-order valence-corrected chi connectivity index (χ0v) is 10.5. The van der Waals surface area contributed by atoms with E-state index in [0.29, 0.717) is 12.6 Å². The molecule has 0 radical (unpaired) electrons. The largest absolute Gasteiger partial charge is 0.501 e. The van der Waals surface area contributed by atoms with Crippen LogP contribution in [0, 0.1) is 5.41 Å². The van der Waals surface area contributed by atoms with E-state index >= 15 is 0 Å². The van der Waals surface area contributed by atoms with Gasteiger partial charge in [0.05, 0.1) is 12.9 Å². The Morgan fingerprint density at radius 2 is 2.17 bits per heavy atom. The lowest BCUT2D eigenvalue weighted by atomic mass is 10.1. The Hall–Kier alpha value is -1.85. The van der Waals surface area contributed by atoms with Crippen LogP contribution in [0.15, 0.2) is 16.8 Å². The average Bonchev–Trinajstić information content (AvgIpc) is 2.39. The van der Waals surface area contributed by atoms with E-state index in [1.54, 1.807) is 0 Å². The number of guanidine groups is 1. The fourth-order valence-corrected chi connectivity index (χ4v) is 2.00. The van der Waals surface area contributed by atoms with Gasteiger partial charge in [0, 0.05) is 13.1 Å². The van der Waals surface area contributed by atoms with Crippen LogP contribution < -0.4 is 5.32 Å². The molecule has 0 aliphatic carbocycles. The lowest BCUT2D eigenvalue weighted by Crippen LogP contribution is -2.50. The molecule has 0 saturated carbocycles. The third-order valence-electron chi connectivity index (χ3n) is 2.97. The first-order valence-electron chi connectivity index (χ1n) is 6.28. The first-order valence-corrected chi connectivity index (χ1v) is 6.28. The van der Waals surface area contributed by atoms with Crippen LogP contribution >= 0.6 is 0 Å². The van der Waals surface area contributed by atoms with Crippen molar-refractivity contribution < 1.29 is 9.53 Å². The zero-order chi connectivity index (χ0) is 13.0. The molecule has 0 aromatic rings. The van der Waals surface area contributed by atoms with Crippen LogP contribution in [0.4, 0.5) is 0 Å². The third kappa shape index (κ3) is 2.69. The van der Waals surface area contributed by atoms with Gasteiger partial charge in [0.25, 0.3) is 5.91 Å². The fourth-order valence-electron chi connectivity index (χ4n) is 2.00. The van der Waals surface area contributed by atoms with Crippen molar-refractivity contribution >= 4 is 17.7 Å². The molecular formula is C12H18N4O2. The number of aliphatic imine (C=N–C) groups is 1. The summed E-state index contributed by atoms with van der Waals surface area (Å²) in [4.78, 5) is 18.0. The summed E-state index contributed by atoms with van der Waals surface area (Å²) in [5.41, 5.74) is 0.178. The molecule has 18 heavy (non-hydrogen) atoms. The van der Waals surface area contributed by atoms with Gasteiger partial charge in [-0.25, -0.2) is 0 Å². The Bertz CT molecular complexity index is 408. The Morgan fingerprint density at radius 3 is 2.78 bits per heavy atom. The minimum absolute atomic E-state index is 0.0345. The predicted octanol–water partition coefficient (Wildman–Crippen LogP) is 0.856. The number of likely N-dealkylation sites (tertiary alicyclic amines) is 1. The van der Waals surface area contributed by atoms with Crippen molar-refractivity contribution in [2.75, 3.05) is 19.7 Å². The van der Waals surface area contributed by atoms with Gasteiger partial charge >= 0.3 is 0 Å². The van der Waals surface area contributed by atoms with Crippen molar-refractivity contribution in [3.8, 4) is 0 Å². The van der Waals surface area contributed by atoms with Gasteiger partial charge in [0.15, 0.2) is 5.84 Å². The molecular weight excluding hydrogens is 232 g/mol. The number of hydrogen-bond donors (Lipinski definition) is 2. The summed E-state index contributed by atoms with van der Waals surface area (Å²) in [6.07, 6.45) is 4.71. The SMILES string of the molecule is CCO/C=C1\C(=N)N=C(N2CCCCC2)NC1=O. The Balaban J connectivity index is 2.12. The van der Waals surface area contributed by atoms with E-state index in [0.717, 1.165) is 25.9 Å². The van der Waals surface area contributed by atoms with Crippen LogP contribution in [0.25, 0.3) is 0 Å². The Kier molecular flexibility index (Phi) is 3.96. The number of carbonyl (C=O) groups excluding carboxylic acids is 1. The molecule has 0 unspecified atom stereocenters. The number of amidine groups is 1. The monoisotopic (exact) mass is 250 g/mol. The second kappa shape index (κ2) is 5.66. The van der Waals surface area contributed by atoms with Crippen LogP contribution in [0.1, 0.15) is 26.2 Å². The molecule has 2 aliphatic heterocycles. The summed E-state index contributed by atoms with van der Waals surface area (Å²) in [6, 6.07) is 0. The quantitative estimate of drug-likeness (QED) is 0.563. The summed E-state index contributed by atoms with van der Waals surface area (Å²) in [6.45, 7) is 4.06. The second-order valence-electron chi connectivity index (χ2n) is 4.27. The highest BCUT2D eigenvalue weighted by atomic mass is 16.5. The normalized spacial score (nSPS) is 22.8. The van der Waals surface area contributed by atoms with Crippen molar-refractivity contribution in [1.29, 1.82) is 5.41 Å². The van der Waals surface area contributed by atoms with Crippen molar-refractivity contribution in [2.45, 2.75) is 26.2 Å². The maximum atomic E-state index is 11.9. The maximum absolute atomic E-state index is 11.9. The van der Waals surface area contributed by atoms with Crippen LogP contribution in [-0.4, -0.2) is 42.3 Å². The van der Waals surface area contributed by atoms with Crippen molar-refractivity contribution in [1.82, 2.24) is 10.2 Å². The minimum atomic E-state index is -0.316. The molecule has 0 spiro atoms. The molecule has 2 heterocycles. The number of piperidine rings is 1. The van der Waals surface area contributed by atoms with Gasteiger partial charge in [0.1, 0.15) is 5.57 Å². The predicted molar refractivity (Wildman–Crippen MR) is 68.4 cm³/mol. The molecule has 0 aromatic heterocycles. The van der Waals surface area contributed by atoms with Crippen LogP contribution in [0.2, 0.25) is 0 Å².